The first-order valence-electron chi connectivity index (χ1n) is 7.69. The molecule has 1 aromatic rings. The molecule has 20 heavy (non-hydrogen) atoms. The Hall–Kier alpha value is -0.640. The van der Waals surface area contributed by atoms with Gasteiger partial charge in [0.15, 0.2) is 0 Å². The highest BCUT2D eigenvalue weighted by Crippen LogP contribution is 2.36. The van der Waals surface area contributed by atoms with Gasteiger partial charge in [-0.2, -0.15) is 0 Å². The molecule has 1 saturated carbocycles. The van der Waals surface area contributed by atoms with Crippen LogP contribution in [0, 0.1) is 5.92 Å². The van der Waals surface area contributed by atoms with Crippen molar-refractivity contribution >= 4 is 11.6 Å². The van der Waals surface area contributed by atoms with Crippen LogP contribution in [0.1, 0.15) is 38.7 Å². The van der Waals surface area contributed by atoms with Crippen molar-refractivity contribution in [1.29, 1.82) is 0 Å². The molecule has 3 nitrogen and oxygen atoms in total. The van der Waals surface area contributed by atoms with E-state index < -0.39 is 0 Å². The Morgan fingerprint density at radius 1 is 1.45 bits per heavy atom. The highest BCUT2D eigenvalue weighted by molar-refractivity contribution is 6.31. The van der Waals surface area contributed by atoms with Gasteiger partial charge in [0.2, 0.25) is 0 Å². The quantitative estimate of drug-likeness (QED) is 0.758. The van der Waals surface area contributed by atoms with Gasteiger partial charge >= 0.3 is 0 Å². The van der Waals surface area contributed by atoms with Crippen LogP contribution in [0.15, 0.2) is 18.5 Å². The van der Waals surface area contributed by atoms with Crippen LogP contribution in [-0.4, -0.2) is 30.3 Å². The molecule has 0 amide bonds. The average Bonchev–Trinajstić information content (AvgIpc) is 3.28. The van der Waals surface area contributed by atoms with Gasteiger partial charge in [0.25, 0.3) is 0 Å². The standard InChI is InChI=1S/C16H25ClN2O/c1-3-8-19-15(16(20-4-2)12-5-6-12)10-13-7-9-18-11-14(13)17/h7,9,11-12,15-16,19H,3-6,8,10H2,1-2H3. The minimum Gasteiger partial charge on any atom is -0.377 e. The van der Waals surface area contributed by atoms with Gasteiger partial charge in [0.1, 0.15) is 0 Å². The van der Waals surface area contributed by atoms with E-state index in [9.17, 15) is 0 Å². The van der Waals surface area contributed by atoms with E-state index in [0.29, 0.717) is 18.1 Å². The maximum Gasteiger partial charge on any atom is 0.0759 e. The van der Waals surface area contributed by atoms with E-state index in [1.54, 1.807) is 6.20 Å². The predicted molar refractivity (Wildman–Crippen MR) is 83.2 cm³/mol. The van der Waals surface area contributed by atoms with E-state index in [4.69, 9.17) is 16.3 Å². The number of aromatic nitrogens is 1. The molecule has 0 spiro atoms. The zero-order valence-corrected chi connectivity index (χ0v) is 13.2. The number of nitrogens with zero attached hydrogens (tertiary/aromatic N) is 1. The fraction of sp³-hybridized carbons (Fsp3) is 0.688. The molecule has 0 aromatic carbocycles. The molecule has 4 heteroatoms. The zero-order valence-electron chi connectivity index (χ0n) is 12.4. The van der Waals surface area contributed by atoms with Crippen LogP contribution >= 0.6 is 11.6 Å². The fourth-order valence-corrected chi connectivity index (χ4v) is 2.84. The third kappa shape index (κ3) is 4.44. The van der Waals surface area contributed by atoms with E-state index >= 15 is 0 Å². The van der Waals surface area contributed by atoms with Crippen molar-refractivity contribution in [3.8, 4) is 0 Å². The Morgan fingerprint density at radius 3 is 2.85 bits per heavy atom. The molecule has 1 aliphatic carbocycles. The van der Waals surface area contributed by atoms with Crippen LogP contribution in [0.25, 0.3) is 0 Å². The summed E-state index contributed by atoms with van der Waals surface area (Å²) in [5.41, 5.74) is 1.15. The second-order valence-corrected chi connectivity index (χ2v) is 5.90. The van der Waals surface area contributed by atoms with E-state index in [1.165, 1.54) is 12.8 Å². The van der Waals surface area contributed by atoms with Crippen molar-refractivity contribution in [2.45, 2.75) is 51.7 Å². The Labute approximate surface area is 127 Å². The lowest BCUT2D eigenvalue weighted by molar-refractivity contribution is 0.0192. The topological polar surface area (TPSA) is 34.2 Å². The summed E-state index contributed by atoms with van der Waals surface area (Å²) in [5.74, 6) is 0.713. The van der Waals surface area contributed by atoms with Crippen molar-refractivity contribution in [1.82, 2.24) is 10.3 Å². The molecule has 2 rings (SSSR count). The number of ether oxygens (including phenoxy) is 1. The number of rotatable bonds is 9. The summed E-state index contributed by atoms with van der Waals surface area (Å²) in [5, 5.41) is 4.40. The van der Waals surface area contributed by atoms with Gasteiger partial charge in [-0.3, -0.25) is 4.98 Å². The second kappa shape index (κ2) is 7.96. The number of pyridine rings is 1. The summed E-state index contributed by atoms with van der Waals surface area (Å²) >= 11 is 6.25. The molecule has 0 aliphatic heterocycles. The van der Waals surface area contributed by atoms with Crippen LogP contribution in [0.3, 0.4) is 0 Å². The Balaban J connectivity index is 2.07. The SMILES string of the molecule is CCCNC(Cc1ccncc1Cl)C(OCC)C1CC1. The maximum absolute atomic E-state index is 6.25. The minimum absolute atomic E-state index is 0.302. The first-order valence-corrected chi connectivity index (χ1v) is 8.07. The van der Waals surface area contributed by atoms with E-state index in [0.717, 1.165) is 36.6 Å². The Kier molecular flexibility index (Phi) is 6.27. The fourth-order valence-electron chi connectivity index (χ4n) is 2.64. The largest absolute Gasteiger partial charge is 0.377 e. The lowest BCUT2D eigenvalue weighted by Crippen LogP contribution is -2.44. The third-order valence-corrected chi connectivity index (χ3v) is 4.14. The normalized spacial score (nSPS) is 17.9. The first kappa shape index (κ1) is 15.7. The van der Waals surface area contributed by atoms with Crippen molar-refractivity contribution in [3.05, 3.63) is 29.0 Å². The molecule has 2 atom stereocenters. The van der Waals surface area contributed by atoms with Crippen LogP contribution in [-0.2, 0) is 11.2 Å². The lowest BCUT2D eigenvalue weighted by Gasteiger charge is -2.28. The Bertz CT molecular complexity index is 409. The zero-order chi connectivity index (χ0) is 14.4. The number of halogens is 1. The molecule has 2 unspecified atom stereocenters. The molecule has 1 aromatic heterocycles. The summed E-state index contributed by atoms with van der Waals surface area (Å²) < 4.78 is 6.02. The number of nitrogens with one attached hydrogen (secondary N) is 1. The van der Waals surface area contributed by atoms with Crippen LogP contribution in [0.4, 0.5) is 0 Å². The van der Waals surface area contributed by atoms with Crippen LogP contribution < -0.4 is 5.32 Å². The monoisotopic (exact) mass is 296 g/mol. The molecule has 0 radical (unpaired) electrons. The summed E-state index contributed by atoms with van der Waals surface area (Å²) in [4.78, 5) is 4.06. The molecular weight excluding hydrogens is 272 g/mol. The van der Waals surface area contributed by atoms with Crippen LogP contribution in [0.5, 0.6) is 0 Å². The maximum atomic E-state index is 6.25. The van der Waals surface area contributed by atoms with Gasteiger partial charge in [-0.05, 0) is 56.7 Å². The highest BCUT2D eigenvalue weighted by atomic mass is 35.5. The minimum atomic E-state index is 0.302. The highest BCUT2D eigenvalue weighted by Gasteiger charge is 2.37. The van der Waals surface area contributed by atoms with Crippen molar-refractivity contribution in [2.75, 3.05) is 13.2 Å². The number of hydrogen-bond acceptors (Lipinski definition) is 3. The van der Waals surface area contributed by atoms with E-state index in [2.05, 4.69) is 24.1 Å². The van der Waals surface area contributed by atoms with Gasteiger partial charge in [-0.25, -0.2) is 0 Å². The molecule has 1 fully saturated rings. The summed E-state index contributed by atoms with van der Waals surface area (Å²) in [6.07, 6.45) is 8.45. The summed E-state index contributed by atoms with van der Waals surface area (Å²) in [6, 6.07) is 2.35. The molecule has 0 saturated heterocycles. The van der Waals surface area contributed by atoms with Gasteiger partial charge in [0, 0.05) is 25.0 Å². The van der Waals surface area contributed by atoms with Gasteiger partial charge < -0.3 is 10.1 Å². The summed E-state index contributed by atoms with van der Waals surface area (Å²) in [7, 11) is 0. The van der Waals surface area contributed by atoms with Gasteiger partial charge in [-0.1, -0.05) is 18.5 Å². The molecule has 1 aliphatic rings. The molecular formula is C16H25ClN2O. The molecule has 1 heterocycles. The van der Waals surface area contributed by atoms with Crippen molar-refractivity contribution in [2.24, 2.45) is 5.92 Å². The smallest absolute Gasteiger partial charge is 0.0759 e. The summed E-state index contributed by atoms with van der Waals surface area (Å²) in [6.45, 7) is 6.06. The number of hydrogen-bond donors (Lipinski definition) is 1. The third-order valence-electron chi connectivity index (χ3n) is 3.80. The van der Waals surface area contributed by atoms with E-state index in [1.807, 2.05) is 12.3 Å². The van der Waals surface area contributed by atoms with Gasteiger partial charge in [0.05, 0.1) is 11.1 Å². The van der Waals surface area contributed by atoms with E-state index in [-0.39, 0.29) is 0 Å². The molecule has 112 valence electrons. The predicted octanol–water partition coefficient (Wildman–Crippen LogP) is 3.46. The van der Waals surface area contributed by atoms with Gasteiger partial charge in [-0.15, -0.1) is 0 Å². The van der Waals surface area contributed by atoms with Crippen LogP contribution in [0.2, 0.25) is 5.02 Å². The average molecular weight is 297 g/mol. The van der Waals surface area contributed by atoms with Crippen molar-refractivity contribution < 1.29 is 4.74 Å². The second-order valence-electron chi connectivity index (χ2n) is 5.49. The van der Waals surface area contributed by atoms with Crippen molar-refractivity contribution in [3.63, 3.8) is 0 Å². The molecule has 0 bridgehead atoms. The molecule has 1 N–H and O–H groups in total. The first-order chi connectivity index (χ1) is 9.76. The Morgan fingerprint density at radius 2 is 2.25 bits per heavy atom. The lowest BCUT2D eigenvalue weighted by atomic mass is 9.98.